The van der Waals surface area contributed by atoms with Crippen LogP contribution in [0.1, 0.15) is 29.4 Å². The highest BCUT2D eigenvalue weighted by Gasteiger charge is 2.19. The number of halogens is 3. The third kappa shape index (κ3) is 4.23. The maximum absolute atomic E-state index is 13.1. The van der Waals surface area contributed by atoms with Crippen LogP contribution < -0.4 is 10.6 Å². The molecule has 0 aliphatic carbocycles. The van der Waals surface area contributed by atoms with E-state index in [2.05, 4.69) is 20.9 Å². The monoisotopic (exact) mass is 343 g/mol. The maximum Gasteiger partial charge on any atom is 0.277 e. The zero-order valence-electron chi connectivity index (χ0n) is 12.1. The molecule has 1 aliphatic heterocycles. The molecule has 1 aromatic heterocycles. The second-order valence-electron chi connectivity index (χ2n) is 5.18. The molecule has 2 heterocycles. The molecule has 9 heteroatoms. The van der Waals surface area contributed by atoms with Crippen LogP contribution in [0.2, 0.25) is 0 Å². The molecule has 1 aromatic carbocycles. The quantitative estimate of drug-likeness (QED) is 0.895. The molecule has 3 rings (SSSR count). The van der Waals surface area contributed by atoms with Gasteiger partial charge in [-0.25, -0.2) is 13.5 Å². The smallest absolute Gasteiger partial charge is 0.277 e. The van der Waals surface area contributed by atoms with Crippen LogP contribution in [0.5, 0.6) is 0 Å². The first-order valence-electron chi connectivity index (χ1n) is 7.02. The summed E-state index contributed by atoms with van der Waals surface area (Å²) in [6.07, 6.45) is 3.39. The molecule has 1 amide bonds. The number of nitrogens with one attached hydrogen (secondary N) is 2. The average molecular weight is 344 g/mol. The lowest BCUT2D eigenvalue weighted by Crippen LogP contribution is -2.29. The van der Waals surface area contributed by atoms with Gasteiger partial charge in [0, 0.05) is 11.8 Å². The molecule has 124 valence electrons. The van der Waals surface area contributed by atoms with Crippen molar-refractivity contribution in [2.45, 2.75) is 18.9 Å². The van der Waals surface area contributed by atoms with Crippen molar-refractivity contribution >= 4 is 24.0 Å². The fourth-order valence-electron chi connectivity index (χ4n) is 2.45. The molecular formula is C14H16ClF2N5O. The fraction of sp³-hybridized carbons (Fsp3) is 0.357. The summed E-state index contributed by atoms with van der Waals surface area (Å²) in [5.74, 6) is -2.06. The van der Waals surface area contributed by atoms with Crippen LogP contribution >= 0.6 is 12.4 Å². The van der Waals surface area contributed by atoms with Crippen molar-refractivity contribution in [1.29, 1.82) is 0 Å². The van der Waals surface area contributed by atoms with E-state index in [0.29, 0.717) is 0 Å². The van der Waals surface area contributed by atoms with E-state index in [9.17, 15) is 13.6 Å². The maximum atomic E-state index is 13.1. The van der Waals surface area contributed by atoms with Gasteiger partial charge in [0.2, 0.25) is 0 Å². The van der Waals surface area contributed by atoms with Gasteiger partial charge in [-0.05, 0) is 38.1 Å². The Hall–Kier alpha value is -2.06. The van der Waals surface area contributed by atoms with Crippen LogP contribution in [0.15, 0.2) is 24.4 Å². The predicted octanol–water partition coefficient (Wildman–Crippen LogP) is 2.15. The first kappa shape index (κ1) is 17.3. The topological polar surface area (TPSA) is 71.8 Å². The molecule has 23 heavy (non-hydrogen) atoms. The number of nitrogens with zero attached hydrogens (tertiary/aromatic N) is 3. The summed E-state index contributed by atoms with van der Waals surface area (Å²) in [5, 5.41) is 13.4. The zero-order valence-corrected chi connectivity index (χ0v) is 12.9. The third-order valence-corrected chi connectivity index (χ3v) is 3.55. The zero-order chi connectivity index (χ0) is 15.5. The van der Waals surface area contributed by atoms with E-state index in [1.165, 1.54) is 0 Å². The molecule has 2 N–H and O–H groups in total. The third-order valence-electron chi connectivity index (χ3n) is 3.55. The fourth-order valence-corrected chi connectivity index (χ4v) is 2.45. The van der Waals surface area contributed by atoms with Crippen molar-refractivity contribution in [3.05, 3.63) is 41.7 Å². The van der Waals surface area contributed by atoms with E-state index in [4.69, 9.17) is 0 Å². The molecule has 1 fully saturated rings. The number of carbonyl (C=O) groups is 1. The summed E-state index contributed by atoms with van der Waals surface area (Å²) >= 11 is 0. The van der Waals surface area contributed by atoms with Crippen LogP contribution in [0.4, 0.5) is 14.5 Å². The Balaban J connectivity index is 0.00000192. The summed E-state index contributed by atoms with van der Waals surface area (Å²) < 4.78 is 27.9. The number of benzene rings is 1. The molecule has 0 radical (unpaired) electrons. The van der Waals surface area contributed by atoms with Crippen molar-refractivity contribution in [3.8, 4) is 0 Å². The van der Waals surface area contributed by atoms with Crippen LogP contribution in [0, 0.1) is 11.6 Å². The minimum absolute atomic E-state index is 0. The van der Waals surface area contributed by atoms with Crippen LogP contribution in [-0.4, -0.2) is 34.0 Å². The summed E-state index contributed by atoms with van der Waals surface area (Å²) in [7, 11) is 0. The lowest BCUT2D eigenvalue weighted by Gasteiger charge is -2.22. The second kappa shape index (κ2) is 7.47. The van der Waals surface area contributed by atoms with Gasteiger partial charge in [-0.15, -0.1) is 17.5 Å². The van der Waals surface area contributed by atoms with E-state index in [1.807, 2.05) is 0 Å². The van der Waals surface area contributed by atoms with E-state index >= 15 is 0 Å². The van der Waals surface area contributed by atoms with Gasteiger partial charge >= 0.3 is 0 Å². The predicted molar refractivity (Wildman–Crippen MR) is 82.7 cm³/mol. The Morgan fingerprint density at radius 3 is 2.52 bits per heavy atom. The first-order chi connectivity index (χ1) is 10.6. The Morgan fingerprint density at radius 1 is 1.22 bits per heavy atom. The number of amides is 1. The molecule has 0 bridgehead atoms. The van der Waals surface area contributed by atoms with E-state index in [-0.39, 0.29) is 29.8 Å². The van der Waals surface area contributed by atoms with Gasteiger partial charge in [0.25, 0.3) is 5.91 Å². The van der Waals surface area contributed by atoms with Gasteiger partial charge in [0.05, 0.1) is 12.2 Å². The normalized spacial score (nSPS) is 15.0. The molecule has 0 unspecified atom stereocenters. The lowest BCUT2D eigenvalue weighted by atomic mass is 10.1. The highest BCUT2D eigenvalue weighted by Crippen LogP contribution is 2.18. The minimum Gasteiger partial charge on any atom is -0.320 e. The van der Waals surface area contributed by atoms with E-state index < -0.39 is 17.5 Å². The summed E-state index contributed by atoms with van der Waals surface area (Å²) in [5.41, 5.74) is 0.155. The summed E-state index contributed by atoms with van der Waals surface area (Å²) in [4.78, 5) is 12.0. The number of hydrogen-bond donors (Lipinski definition) is 2. The molecule has 6 nitrogen and oxygen atoms in total. The summed E-state index contributed by atoms with van der Waals surface area (Å²) in [6, 6.07) is 3.03. The lowest BCUT2D eigenvalue weighted by molar-refractivity contribution is 0.102. The van der Waals surface area contributed by atoms with Crippen LogP contribution in [0.25, 0.3) is 0 Å². The average Bonchev–Trinajstić information content (AvgIpc) is 2.97. The van der Waals surface area contributed by atoms with Gasteiger partial charge in [-0.1, -0.05) is 5.21 Å². The van der Waals surface area contributed by atoms with Crippen molar-refractivity contribution in [2.75, 3.05) is 18.4 Å². The SMILES string of the molecule is Cl.O=C(Nc1cc(F)cc(F)c1)c1cn(C2CCNCC2)nn1. The highest BCUT2D eigenvalue weighted by atomic mass is 35.5. The Labute approximate surface area is 137 Å². The minimum atomic E-state index is -0.756. The number of anilines is 1. The molecule has 2 aromatic rings. The van der Waals surface area contributed by atoms with E-state index in [0.717, 1.165) is 44.1 Å². The van der Waals surface area contributed by atoms with Gasteiger partial charge in [0.15, 0.2) is 5.69 Å². The number of rotatable bonds is 3. The number of piperidine rings is 1. The summed E-state index contributed by atoms with van der Waals surface area (Å²) in [6.45, 7) is 1.79. The van der Waals surface area contributed by atoms with Gasteiger partial charge in [0.1, 0.15) is 11.6 Å². The number of carbonyl (C=O) groups excluding carboxylic acids is 1. The van der Waals surface area contributed by atoms with Crippen molar-refractivity contribution in [2.24, 2.45) is 0 Å². The van der Waals surface area contributed by atoms with Gasteiger partial charge in [-0.2, -0.15) is 0 Å². The highest BCUT2D eigenvalue weighted by molar-refractivity contribution is 6.02. The largest absolute Gasteiger partial charge is 0.320 e. The Bertz CT molecular complexity index is 667. The van der Waals surface area contributed by atoms with Crippen LogP contribution in [0.3, 0.4) is 0 Å². The van der Waals surface area contributed by atoms with E-state index in [1.54, 1.807) is 10.9 Å². The first-order valence-corrected chi connectivity index (χ1v) is 7.02. The van der Waals surface area contributed by atoms with Crippen LogP contribution in [-0.2, 0) is 0 Å². The molecule has 0 saturated carbocycles. The number of hydrogen-bond acceptors (Lipinski definition) is 4. The molecule has 1 saturated heterocycles. The van der Waals surface area contributed by atoms with Gasteiger partial charge < -0.3 is 10.6 Å². The van der Waals surface area contributed by atoms with Crippen molar-refractivity contribution in [1.82, 2.24) is 20.3 Å². The molecular weight excluding hydrogens is 328 g/mol. The molecule has 0 spiro atoms. The number of aromatic nitrogens is 3. The molecule has 1 aliphatic rings. The van der Waals surface area contributed by atoms with Crippen molar-refractivity contribution in [3.63, 3.8) is 0 Å². The standard InChI is InChI=1S/C14H15F2N5O.ClH/c15-9-5-10(16)7-11(6-9)18-14(22)13-8-21(20-19-13)12-1-3-17-4-2-12;/h5-8,12,17H,1-4H2,(H,18,22);1H. The van der Waals surface area contributed by atoms with Gasteiger partial charge in [-0.3, -0.25) is 4.79 Å². The van der Waals surface area contributed by atoms with Crippen molar-refractivity contribution < 1.29 is 13.6 Å². The Kier molecular flexibility index (Phi) is 5.62. The Morgan fingerprint density at radius 2 is 1.87 bits per heavy atom. The second-order valence-corrected chi connectivity index (χ2v) is 5.18. The molecule has 0 atom stereocenters.